The predicted molar refractivity (Wildman–Crippen MR) is 68.0 cm³/mol. The molecule has 0 atom stereocenters. The summed E-state index contributed by atoms with van der Waals surface area (Å²) in [5.74, 6) is -0.0269. The molecule has 2 aromatic heterocycles. The Morgan fingerprint density at radius 3 is 2.64 bits per heavy atom. The van der Waals surface area contributed by atoms with Crippen LogP contribution in [0.5, 0.6) is 0 Å². The molecule has 3 rings (SSSR count). The first-order valence-electron chi connectivity index (χ1n) is 6.77. The first-order valence-corrected chi connectivity index (χ1v) is 6.77. The second-order valence-electron chi connectivity index (χ2n) is 5.13. The SMILES string of the molecule is O=C(c1ccon1)N1CCC(c2ncc(C(F)(F)F)[nH]2)CC1. The van der Waals surface area contributed by atoms with Crippen molar-refractivity contribution in [2.24, 2.45) is 0 Å². The Hall–Kier alpha value is -2.32. The number of aromatic amines is 1. The number of carbonyl (C=O) groups is 1. The van der Waals surface area contributed by atoms with Gasteiger partial charge in [-0.1, -0.05) is 5.16 Å². The number of hydrogen-bond donors (Lipinski definition) is 1. The zero-order valence-corrected chi connectivity index (χ0v) is 11.4. The minimum atomic E-state index is -4.42. The van der Waals surface area contributed by atoms with Crippen LogP contribution in [0.1, 0.15) is 40.8 Å². The first kappa shape index (κ1) is 14.6. The van der Waals surface area contributed by atoms with E-state index in [4.69, 9.17) is 0 Å². The summed E-state index contributed by atoms with van der Waals surface area (Å²) >= 11 is 0. The number of hydrogen-bond acceptors (Lipinski definition) is 4. The molecule has 0 spiro atoms. The highest BCUT2D eigenvalue weighted by atomic mass is 19.4. The molecular formula is C13H13F3N4O2. The van der Waals surface area contributed by atoms with E-state index in [1.54, 1.807) is 4.90 Å². The zero-order valence-electron chi connectivity index (χ0n) is 11.4. The summed E-state index contributed by atoms with van der Waals surface area (Å²) in [6.07, 6.45) is -1.19. The molecule has 1 saturated heterocycles. The molecule has 3 heterocycles. The predicted octanol–water partition coefficient (Wildman–Crippen LogP) is 2.44. The van der Waals surface area contributed by atoms with Crippen LogP contribution < -0.4 is 0 Å². The second kappa shape index (κ2) is 5.47. The number of piperidine rings is 1. The number of amides is 1. The smallest absolute Gasteiger partial charge is 0.364 e. The molecule has 1 aliphatic heterocycles. The number of likely N-dealkylation sites (tertiary alicyclic amines) is 1. The van der Waals surface area contributed by atoms with Crippen molar-refractivity contribution in [3.63, 3.8) is 0 Å². The average molecular weight is 314 g/mol. The van der Waals surface area contributed by atoms with Crippen molar-refractivity contribution in [1.29, 1.82) is 0 Å². The third kappa shape index (κ3) is 2.83. The largest absolute Gasteiger partial charge is 0.432 e. The standard InChI is InChI=1S/C13H13F3N4O2/c14-13(15,16)10-7-17-11(18-10)8-1-4-20(5-2-8)12(21)9-3-6-22-19-9/h3,6-8H,1-2,4-5H2,(H,17,18). The highest BCUT2D eigenvalue weighted by Gasteiger charge is 2.34. The summed E-state index contributed by atoms with van der Waals surface area (Å²) < 4.78 is 42.3. The maximum absolute atomic E-state index is 12.6. The van der Waals surface area contributed by atoms with Gasteiger partial charge in [0.25, 0.3) is 5.91 Å². The third-order valence-electron chi connectivity index (χ3n) is 3.73. The minimum Gasteiger partial charge on any atom is -0.364 e. The van der Waals surface area contributed by atoms with Gasteiger partial charge in [0.1, 0.15) is 17.8 Å². The summed E-state index contributed by atoms with van der Waals surface area (Å²) in [6, 6.07) is 1.48. The number of alkyl halides is 3. The number of nitrogens with one attached hydrogen (secondary N) is 1. The molecule has 1 N–H and O–H groups in total. The molecule has 22 heavy (non-hydrogen) atoms. The minimum absolute atomic E-state index is 0.113. The molecule has 1 fully saturated rings. The molecule has 1 aliphatic rings. The van der Waals surface area contributed by atoms with Gasteiger partial charge < -0.3 is 14.4 Å². The van der Waals surface area contributed by atoms with E-state index in [0.717, 1.165) is 6.20 Å². The van der Waals surface area contributed by atoms with Crippen molar-refractivity contribution in [2.75, 3.05) is 13.1 Å². The lowest BCUT2D eigenvalue weighted by Gasteiger charge is -2.30. The summed E-state index contributed by atoms with van der Waals surface area (Å²) in [6.45, 7) is 0.886. The fourth-order valence-corrected chi connectivity index (χ4v) is 2.53. The van der Waals surface area contributed by atoms with Crippen LogP contribution in [-0.2, 0) is 6.18 Å². The Kier molecular flexibility index (Phi) is 3.63. The van der Waals surface area contributed by atoms with E-state index in [1.165, 1.54) is 12.3 Å². The van der Waals surface area contributed by atoms with Crippen LogP contribution in [0.25, 0.3) is 0 Å². The lowest BCUT2D eigenvalue weighted by atomic mass is 9.96. The van der Waals surface area contributed by atoms with Crippen LogP contribution in [0, 0.1) is 0 Å². The third-order valence-corrected chi connectivity index (χ3v) is 3.73. The van der Waals surface area contributed by atoms with Crippen molar-refractivity contribution in [3.05, 3.63) is 35.7 Å². The Morgan fingerprint density at radius 2 is 2.09 bits per heavy atom. The lowest BCUT2D eigenvalue weighted by molar-refractivity contribution is -0.141. The summed E-state index contributed by atoms with van der Waals surface area (Å²) in [5, 5.41) is 3.59. The van der Waals surface area contributed by atoms with E-state index in [9.17, 15) is 18.0 Å². The van der Waals surface area contributed by atoms with Gasteiger partial charge in [-0.3, -0.25) is 4.79 Å². The molecule has 0 saturated carbocycles. The van der Waals surface area contributed by atoms with Gasteiger partial charge in [-0.2, -0.15) is 13.2 Å². The van der Waals surface area contributed by atoms with Gasteiger partial charge in [-0.15, -0.1) is 0 Å². The molecular weight excluding hydrogens is 301 g/mol. The number of aromatic nitrogens is 3. The van der Waals surface area contributed by atoms with Crippen LogP contribution in [0.15, 0.2) is 23.0 Å². The number of imidazole rings is 1. The number of halogens is 3. The quantitative estimate of drug-likeness (QED) is 0.924. The first-order chi connectivity index (χ1) is 10.4. The number of H-pyrrole nitrogens is 1. The molecule has 1 amide bonds. The molecule has 0 bridgehead atoms. The van der Waals surface area contributed by atoms with Gasteiger partial charge in [0, 0.05) is 25.1 Å². The Labute approximate surface area is 123 Å². The molecule has 6 nitrogen and oxygen atoms in total. The maximum atomic E-state index is 12.6. The summed E-state index contributed by atoms with van der Waals surface area (Å²) in [7, 11) is 0. The van der Waals surface area contributed by atoms with Gasteiger partial charge >= 0.3 is 6.18 Å². The fraction of sp³-hybridized carbons (Fsp3) is 0.462. The van der Waals surface area contributed by atoms with Crippen molar-refractivity contribution < 1.29 is 22.5 Å². The number of nitrogens with zero attached hydrogens (tertiary/aromatic N) is 3. The van der Waals surface area contributed by atoms with Gasteiger partial charge in [0.15, 0.2) is 5.69 Å². The van der Waals surface area contributed by atoms with E-state index >= 15 is 0 Å². The van der Waals surface area contributed by atoms with Gasteiger partial charge in [0.05, 0.1) is 6.20 Å². The Bertz CT molecular complexity index is 643. The second-order valence-corrected chi connectivity index (χ2v) is 5.13. The highest BCUT2D eigenvalue weighted by molar-refractivity contribution is 5.92. The van der Waals surface area contributed by atoms with E-state index in [1.807, 2.05) is 0 Å². The maximum Gasteiger partial charge on any atom is 0.432 e. The molecule has 0 aromatic carbocycles. The van der Waals surface area contributed by atoms with E-state index in [2.05, 4.69) is 19.6 Å². The fourth-order valence-electron chi connectivity index (χ4n) is 2.53. The van der Waals surface area contributed by atoms with Crippen molar-refractivity contribution in [3.8, 4) is 0 Å². The molecule has 2 aromatic rings. The molecule has 0 unspecified atom stereocenters. The monoisotopic (exact) mass is 314 g/mol. The van der Waals surface area contributed by atoms with Crippen molar-refractivity contribution in [1.82, 2.24) is 20.0 Å². The number of rotatable bonds is 2. The van der Waals surface area contributed by atoms with Crippen LogP contribution in [0.4, 0.5) is 13.2 Å². The van der Waals surface area contributed by atoms with Gasteiger partial charge in [-0.25, -0.2) is 4.98 Å². The molecule has 9 heteroatoms. The van der Waals surface area contributed by atoms with Gasteiger partial charge in [0.2, 0.25) is 0 Å². The van der Waals surface area contributed by atoms with Crippen molar-refractivity contribution >= 4 is 5.91 Å². The molecule has 0 radical (unpaired) electrons. The van der Waals surface area contributed by atoms with E-state index < -0.39 is 11.9 Å². The molecule has 0 aliphatic carbocycles. The van der Waals surface area contributed by atoms with E-state index in [0.29, 0.717) is 31.8 Å². The van der Waals surface area contributed by atoms with Crippen LogP contribution in [0.2, 0.25) is 0 Å². The van der Waals surface area contributed by atoms with Crippen LogP contribution in [-0.4, -0.2) is 39.0 Å². The zero-order chi connectivity index (χ0) is 15.7. The lowest BCUT2D eigenvalue weighted by Crippen LogP contribution is -2.38. The average Bonchev–Trinajstić information content (AvgIpc) is 3.17. The van der Waals surface area contributed by atoms with Gasteiger partial charge in [-0.05, 0) is 12.8 Å². The van der Waals surface area contributed by atoms with Crippen molar-refractivity contribution in [2.45, 2.75) is 24.9 Å². The Morgan fingerprint density at radius 1 is 1.36 bits per heavy atom. The molecule has 118 valence electrons. The summed E-state index contributed by atoms with van der Waals surface area (Å²) in [4.78, 5) is 19.8. The van der Waals surface area contributed by atoms with Crippen LogP contribution in [0.3, 0.4) is 0 Å². The van der Waals surface area contributed by atoms with E-state index in [-0.39, 0.29) is 17.5 Å². The topological polar surface area (TPSA) is 75.0 Å². The normalized spacial score (nSPS) is 17.0. The highest BCUT2D eigenvalue weighted by Crippen LogP contribution is 2.31. The summed E-state index contributed by atoms with van der Waals surface area (Å²) in [5.41, 5.74) is -0.612. The Balaban J connectivity index is 1.62. The number of carbonyl (C=O) groups excluding carboxylic acids is 1. The van der Waals surface area contributed by atoms with Crippen LogP contribution >= 0.6 is 0 Å².